The van der Waals surface area contributed by atoms with E-state index in [2.05, 4.69) is 27.7 Å². The highest BCUT2D eigenvalue weighted by atomic mass is 16.6. The van der Waals surface area contributed by atoms with Crippen LogP contribution in [0, 0.1) is 40.9 Å². The van der Waals surface area contributed by atoms with Crippen molar-refractivity contribution in [1.29, 1.82) is 0 Å². The summed E-state index contributed by atoms with van der Waals surface area (Å²) in [5.74, 6) is 0.426. The molecule has 4 aliphatic carbocycles. The fraction of sp³-hybridized carbons (Fsp3) is 0.905. The second-order valence-electron chi connectivity index (χ2n) is 18.7. The van der Waals surface area contributed by atoms with Crippen LogP contribution in [0.4, 0.5) is 0 Å². The van der Waals surface area contributed by atoms with Crippen molar-refractivity contribution in [2.45, 2.75) is 198 Å². The van der Waals surface area contributed by atoms with E-state index in [1.165, 1.54) is 0 Å². The number of carbonyl (C=O) groups excluding carboxylic acids is 2. The number of epoxide rings is 4. The molecule has 54 heavy (non-hydrogen) atoms. The van der Waals surface area contributed by atoms with E-state index in [4.69, 9.17) is 33.5 Å². The molecule has 12 heteroatoms. The molecule has 12 nitrogen and oxygen atoms in total. The first-order valence-electron chi connectivity index (χ1n) is 21.2. The van der Waals surface area contributed by atoms with Crippen LogP contribution in [0.2, 0.25) is 0 Å². The van der Waals surface area contributed by atoms with Gasteiger partial charge < -0.3 is 38.6 Å². The summed E-state index contributed by atoms with van der Waals surface area (Å²) < 4.78 is 33.7. The predicted molar refractivity (Wildman–Crippen MR) is 194 cm³/mol. The van der Waals surface area contributed by atoms with Crippen LogP contribution in [-0.2, 0) is 47.6 Å². The summed E-state index contributed by atoms with van der Waals surface area (Å²) in [5.41, 5.74) is -0.837. The fourth-order valence-electron chi connectivity index (χ4n) is 10.6. The molecule has 0 amide bonds. The third-order valence-corrected chi connectivity index (χ3v) is 14.4. The van der Waals surface area contributed by atoms with Gasteiger partial charge in [-0.05, 0) is 113 Å². The van der Waals surface area contributed by atoms with Crippen molar-refractivity contribution in [3.8, 4) is 0 Å². The minimum Gasteiger partial charge on any atom is -0.481 e. The second-order valence-corrected chi connectivity index (χ2v) is 18.7. The summed E-state index contributed by atoms with van der Waals surface area (Å²) in [5, 5.41) is 19.4. The molecule has 16 atom stereocenters. The molecule has 0 bridgehead atoms. The van der Waals surface area contributed by atoms with Gasteiger partial charge in [0.15, 0.2) is 0 Å². The molecule has 2 N–H and O–H groups in total. The lowest BCUT2D eigenvalue weighted by molar-refractivity contribution is -0.155. The predicted octanol–water partition coefficient (Wildman–Crippen LogP) is 6.48. The van der Waals surface area contributed by atoms with Crippen LogP contribution in [0.5, 0.6) is 0 Å². The molecule has 8 fully saturated rings. The third-order valence-electron chi connectivity index (χ3n) is 14.4. The van der Waals surface area contributed by atoms with E-state index in [9.17, 15) is 24.3 Å². The number of hydrogen-bond donors (Lipinski definition) is 2. The van der Waals surface area contributed by atoms with Gasteiger partial charge in [-0.2, -0.15) is 0 Å². The molecule has 304 valence electrons. The summed E-state index contributed by atoms with van der Waals surface area (Å²) in [4.78, 5) is 47.7. The highest BCUT2D eigenvalue weighted by molar-refractivity contribution is 5.75. The summed E-state index contributed by atoms with van der Waals surface area (Å²) in [6.07, 6.45) is 14.6. The van der Waals surface area contributed by atoms with Crippen molar-refractivity contribution in [3.05, 3.63) is 0 Å². The number of carboxylic acids is 2. The number of aliphatic carboxylic acids is 2. The molecule has 4 heterocycles. The van der Waals surface area contributed by atoms with Crippen LogP contribution in [0.3, 0.4) is 0 Å². The van der Waals surface area contributed by atoms with Crippen molar-refractivity contribution in [3.63, 3.8) is 0 Å². The Bertz CT molecular complexity index is 1290. The molecule has 16 unspecified atom stereocenters. The van der Waals surface area contributed by atoms with Crippen LogP contribution in [0.1, 0.15) is 137 Å². The molecule has 4 aliphatic heterocycles. The summed E-state index contributed by atoms with van der Waals surface area (Å²) in [7, 11) is 0. The van der Waals surface area contributed by atoms with Crippen LogP contribution in [0.25, 0.3) is 0 Å². The van der Waals surface area contributed by atoms with Gasteiger partial charge in [-0.3, -0.25) is 19.2 Å². The Morgan fingerprint density at radius 1 is 0.519 bits per heavy atom. The Morgan fingerprint density at radius 3 is 1.28 bits per heavy atom. The Morgan fingerprint density at radius 2 is 0.889 bits per heavy atom. The topological polar surface area (TPSA) is 177 Å². The Labute approximate surface area is 320 Å². The number of esters is 2. The van der Waals surface area contributed by atoms with E-state index in [0.29, 0.717) is 136 Å². The van der Waals surface area contributed by atoms with Crippen LogP contribution < -0.4 is 0 Å². The van der Waals surface area contributed by atoms with Gasteiger partial charge in [0, 0.05) is 32.1 Å². The summed E-state index contributed by atoms with van der Waals surface area (Å²) >= 11 is 0. The van der Waals surface area contributed by atoms with Gasteiger partial charge in [0.1, 0.15) is 12.2 Å². The van der Waals surface area contributed by atoms with E-state index in [-0.39, 0.29) is 30.6 Å². The first-order chi connectivity index (χ1) is 25.8. The Hall–Kier alpha value is -2.28. The number of rotatable bonds is 16. The van der Waals surface area contributed by atoms with Gasteiger partial charge in [-0.15, -0.1) is 0 Å². The van der Waals surface area contributed by atoms with Gasteiger partial charge in [-0.1, -0.05) is 27.7 Å². The normalized spacial score (nSPS) is 43.2. The summed E-state index contributed by atoms with van der Waals surface area (Å²) in [6.45, 7) is 8.68. The molecule has 0 spiro atoms. The van der Waals surface area contributed by atoms with Gasteiger partial charge in [0.25, 0.3) is 0 Å². The highest BCUT2D eigenvalue weighted by Crippen LogP contribution is 2.53. The molecule has 8 aliphatic rings. The number of ether oxygens (including phenoxy) is 6. The maximum absolute atomic E-state index is 12.6. The van der Waals surface area contributed by atoms with Crippen LogP contribution >= 0.6 is 0 Å². The first-order valence-corrected chi connectivity index (χ1v) is 21.2. The van der Waals surface area contributed by atoms with Crippen molar-refractivity contribution in [2.75, 3.05) is 0 Å². The number of carboxylic acid groups (broad SMARTS) is 2. The highest BCUT2D eigenvalue weighted by Gasteiger charge is 2.54. The van der Waals surface area contributed by atoms with Gasteiger partial charge >= 0.3 is 23.9 Å². The molecular weight excluding hydrogens is 696 g/mol. The van der Waals surface area contributed by atoms with E-state index in [1.807, 2.05) is 0 Å². The standard InChI is InChI=1S/C22H34O6.C20H30O6/c1-12-6-16-18(27-16)8-14(12)10-22(21(25)26,5-3-4-20(23)24)11-15-9-19-17(28-19)7-13(15)2;1-11-7-15-17(23-15)9-13(11)25-19(21)5-3-4-6-20(22)26-14-10-18-16(24-18)8-12(14)2/h12-19H,3-11H2,1-2H3,(H,23,24)(H,25,26);11-18H,3-10H2,1-2H3. The zero-order valence-corrected chi connectivity index (χ0v) is 32.7. The van der Waals surface area contributed by atoms with E-state index >= 15 is 0 Å². The van der Waals surface area contributed by atoms with Gasteiger partial charge in [-0.25, -0.2) is 0 Å². The van der Waals surface area contributed by atoms with Crippen LogP contribution in [-0.4, -0.2) is 95.1 Å². The quantitative estimate of drug-likeness (QED) is 0.0996. The molecule has 8 rings (SSSR count). The molecule has 0 aromatic heterocycles. The lowest BCUT2D eigenvalue weighted by Crippen LogP contribution is -2.40. The molecule has 0 aromatic carbocycles. The number of hydrogen-bond acceptors (Lipinski definition) is 10. The molecule has 4 saturated carbocycles. The minimum atomic E-state index is -0.847. The monoisotopic (exact) mass is 760 g/mol. The largest absolute Gasteiger partial charge is 0.481 e. The summed E-state index contributed by atoms with van der Waals surface area (Å²) in [6, 6.07) is 0. The van der Waals surface area contributed by atoms with Crippen molar-refractivity contribution in [1.82, 2.24) is 0 Å². The Balaban J connectivity index is 0.000000167. The minimum absolute atomic E-state index is 0.0162. The fourth-order valence-corrected chi connectivity index (χ4v) is 10.6. The second kappa shape index (κ2) is 16.7. The SMILES string of the molecule is CC1CC2OC2CC1CC(CCCC(=O)O)(CC1CC2OC2CC1C)C(=O)O.CC1CC2OC2CC1OC(=O)CCCCC(=O)OC1CC2OC2CC1C. The number of fused-ring (bicyclic) bond motifs is 4. The molecule has 0 radical (unpaired) electrons. The zero-order valence-electron chi connectivity index (χ0n) is 32.7. The zero-order chi connectivity index (χ0) is 38.3. The third kappa shape index (κ3) is 10.2. The van der Waals surface area contributed by atoms with Gasteiger partial charge in [0.05, 0.1) is 54.2 Å². The number of carbonyl (C=O) groups is 4. The van der Waals surface area contributed by atoms with E-state index in [1.54, 1.807) is 0 Å². The Kier molecular flexibility index (Phi) is 12.3. The lowest BCUT2D eigenvalue weighted by atomic mass is 9.62. The van der Waals surface area contributed by atoms with E-state index < -0.39 is 17.4 Å². The van der Waals surface area contributed by atoms with Crippen molar-refractivity contribution >= 4 is 23.9 Å². The average molecular weight is 761 g/mol. The van der Waals surface area contributed by atoms with Crippen molar-refractivity contribution in [2.24, 2.45) is 40.9 Å². The van der Waals surface area contributed by atoms with Crippen molar-refractivity contribution < 1.29 is 57.8 Å². The molecular formula is C42H64O12. The maximum Gasteiger partial charge on any atom is 0.309 e. The maximum atomic E-state index is 12.6. The van der Waals surface area contributed by atoms with Crippen LogP contribution in [0.15, 0.2) is 0 Å². The first kappa shape index (κ1) is 39.9. The average Bonchev–Trinajstić information content (AvgIpc) is 3.90. The molecule has 0 aromatic rings. The van der Waals surface area contributed by atoms with E-state index in [0.717, 1.165) is 51.4 Å². The molecule has 4 saturated heterocycles. The number of unbranched alkanes of at least 4 members (excludes halogenated alkanes) is 1. The smallest absolute Gasteiger partial charge is 0.309 e. The lowest BCUT2D eigenvalue weighted by Gasteiger charge is -2.40. The van der Waals surface area contributed by atoms with Gasteiger partial charge in [0.2, 0.25) is 0 Å².